The maximum Gasteiger partial charge on any atom is 0.416 e. The predicted octanol–water partition coefficient (Wildman–Crippen LogP) is 5.37. The molecule has 0 fully saturated rings. The minimum atomic E-state index is -4.47. The molecule has 0 aliphatic carbocycles. The number of nitrogens with one attached hydrogen (secondary N) is 1. The Hall–Kier alpha value is -3.61. The number of aromatic amines is 1. The number of pyridine rings is 1. The molecule has 5 rings (SSSR count). The number of alkyl halides is 3. The zero-order valence-corrected chi connectivity index (χ0v) is 16.4. The summed E-state index contributed by atoms with van der Waals surface area (Å²) in [4.78, 5) is 22.4. The highest BCUT2D eigenvalue weighted by atomic mass is 19.4. The van der Waals surface area contributed by atoms with E-state index in [1.54, 1.807) is 29.2 Å². The summed E-state index contributed by atoms with van der Waals surface area (Å²) in [5, 5.41) is 1.03. The third-order valence-corrected chi connectivity index (χ3v) is 5.71. The average Bonchev–Trinajstić information content (AvgIpc) is 3.17. The molecule has 7 heteroatoms. The molecule has 0 bridgehead atoms. The summed E-state index contributed by atoms with van der Waals surface area (Å²) in [7, 11) is 0. The number of amides is 1. The first-order valence-corrected chi connectivity index (χ1v) is 9.92. The largest absolute Gasteiger partial charge is 0.416 e. The van der Waals surface area contributed by atoms with Crippen molar-refractivity contribution >= 4 is 16.8 Å². The van der Waals surface area contributed by atoms with Crippen molar-refractivity contribution in [1.82, 2.24) is 14.9 Å². The van der Waals surface area contributed by atoms with E-state index in [0.717, 1.165) is 34.3 Å². The lowest BCUT2D eigenvalue weighted by molar-refractivity contribution is -0.137. The van der Waals surface area contributed by atoms with Crippen LogP contribution in [0.2, 0.25) is 0 Å². The van der Waals surface area contributed by atoms with Crippen molar-refractivity contribution in [1.29, 1.82) is 0 Å². The molecular weight excluding hydrogens is 403 g/mol. The summed E-state index contributed by atoms with van der Waals surface area (Å²) in [5.74, 6) is -0.313. The van der Waals surface area contributed by atoms with Crippen LogP contribution in [0.3, 0.4) is 0 Å². The van der Waals surface area contributed by atoms with E-state index in [9.17, 15) is 18.0 Å². The molecule has 3 heterocycles. The first-order chi connectivity index (χ1) is 14.9. The zero-order chi connectivity index (χ0) is 21.6. The van der Waals surface area contributed by atoms with Crippen LogP contribution in [-0.2, 0) is 12.6 Å². The van der Waals surface area contributed by atoms with Crippen LogP contribution < -0.4 is 0 Å². The van der Waals surface area contributed by atoms with Crippen molar-refractivity contribution in [3.63, 3.8) is 0 Å². The predicted molar refractivity (Wildman–Crippen MR) is 111 cm³/mol. The molecule has 156 valence electrons. The molecule has 0 saturated heterocycles. The molecule has 4 nitrogen and oxygen atoms in total. The maximum atomic E-state index is 13.4. The van der Waals surface area contributed by atoms with Crippen LogP contribution in [0.15, 0.2) is 72.9 Å². The summed E-state index contributed by atoms with van der Waals surface area (Å²) in [6.45, 7) is 0.380. The van der Waals surface area contributed by atoms with Gasteiger partial charge < -0.3 is 9.88 Å². The van der Waals surface area contributed by atoms with Crippen molar-refractivity contribution in [3.8, 4) is 0 Å². The number of nitrogens with zero attached hydrogens (tertiary/aromatic N) is 2. The van der Waals surface area contributed by atoms with Crippen molar-refractivity contribution in [2.75, 3.05) is 6.54 Å². The van der Waals surface area contributed by atoms with Crippen molar-refractivity contribution in [3.05, 3.63) is 101 Å². The third-order valence-electron chi connectivity index (χ3n) is 5.71. The van der Waals surface area contributed by atoms with E-state index in [-0.39, 0.29) is 11.6 Å². The highest BCUT2D eigenvalue weighted by molar-refractivity contribution is 5.94. The Morgan fingerprint density at radius 2 is 1.84 bits per heavy atom. The zero-order valence-electron chi connectivity index (χ0n) is 16.4. The number of carbonyl (C=O) groups is 1. The molecule has 1 atom stereocenters. The van der Waals surface area contributed by atoms with Crippen LogP contribution in [-0.4, -0.2) is 27.3 Å². The molecule has 2 aromatic carbocycles. The van der Waals surface area contributed by atoms with Crippen LogP contribution in [0.25, 0.3) is 10.9 Å². The Morgan fingerprint density at radius 1 is 1.03 bits per heavy atom. The molecule has 2 aromatic heterocycles. The van der Waals surface area contributed by atoms with Gasteiger partial charge in [-0.3, -0.25) is 9.78 Å². The molecule has 1 amide bonds. The van der Waals surface area contributed by atoms with Crippen LogP contribution >= 0.6 is 0 Å². The van der Waals surface area contributed by atoms with E-state index in [2.05, 4.69) is 9.97 Å². The Morgan fingerprint density at radius 3 is 2.61 bits per heavy atom. The summed E-state index contributed by atoms with van der Waals surface area (Å²) in [5.41, 5.74) is 2.61. The lowest BCUT2D eigenvalue weighted by Gasteiger charge is -2.36. The van der Waals surface area contributed by atoms with Crippen molar-refractivity contribution in [2.24, 2.45) is 0 Å². The van der Waals surface area contributed by atoms with Gasteiger partial charge in [-0.25, -0.2) is 0 Å². The van der Waals surface area contributed by atoms with E-state index in [0.29, 0.717) is 18.5 Å². The van der Waals surface area contributed by atoms with Gasteiger partial charge >= 0.3 is 6.18 Å². The molecule has 31 heavy (non-hydrogen) atoms. The fraction of sp³-hybridized carbons (Fsp3) is 0.167. The van der Waals surface area contributed by atoms with Crippen LogP contribution in [0, 0.1) is 0 Å². The van der Waals surface area contributed by atoms with Gasteiger partial charge in [0.05, 0.1) is 11.6 Å². The molecule has 4 aromatic rings. The van der Waals surface area contributed by atoms with Gasteiger partial charge in [0.1, 0.15) is 5.69 Å². The van der Waals surface area contributed by atoms with E-state index < -0.39 is 17.8 Å². The molecule has 0 spiro atoms. The van der Waals surface area contributed by atoms with Crippen LogP contribution in [0.4, 0.5) is 13.2 Å². The average molecular weight is 421 g/mol. The quantitative estimate of drug-likeness (QED) is 0.473. The number of aromatic nitrogens is 2. The second kappa shape index (κ2) is 7.27. The Balaban J connectivity index is 1.69. The minimum absolute atomic E-state index is 0.263. The lowest BCUT2D eigenvalue weighted by Crippen LogP contribution is -2.41. The molecular formula is C24H18F3N3O. The van der Waals surface area contributed by atoms with E-state index in [1.807, 2.05) is 24.3 Å². The number of halogens is 3. The van der Waals surface area contributed by atoms with Crippen LogP contribution in [0.5, 0.6) is 0 Å². The molecule has 1 N–H and O–H groups in total. The number of hydrogen-bond donors (Lipinski definition) is 1. The monoisotopic (exact) mass is 421 g/mol. The van der Waals surface area contributed by atoms with Gasteiger partial charge in [0.15, 0.2) is 0 Å². The summed E-state index contributed by atoms with van der Waals surface area (Å²) >= 11 is 0. The lowest BCUT2D eigenvalue weighted by atomic mass is 9.91. The normalized spacial score (nSPS) is 16.4. The number of rotatable bonds is 2. The van der Waals surface area contributed by atoms with Gasteiger partial charge in [0, 0.05) is 29.3 Å². The number of H-pyrrole nitrogens is 1. The van der Waals surface area contributed by atoms with Crippen molar-refractivity contribution < 1.29 is 18.0 Å². The number of benzene rings is 2. The molecule has 0 saturated carbocycles. The topological polar surface area (TPSA) is 49.0 Å². The van der Waals surface area contributed by atoms with Gasteiger partial charge in [-0.2, -0.15) is 13.2 Å². The van der Waals surface area contributed by atoms with Crippen LogP contribution in [0.1, 0.15) is 38.9 Å². The SMILES string of the molecule is O=C(c1ccccn1)N1CCc2c([nH]c3ccccc23)C1c1cccc(C(F)(F)F)c1. The third kappa shape index (κ3) is 3.36. The number of hydrogen-bond acceptors (Lipinski definition) is 2. The Labute approximate surface area is 176 Å². The highest BCUT2D eigenvalue weighted by Gasteiger charge is 2.37. The van der Waals surface area contributed by atoms with Gasteiger partial charge in [0.25, 0.3) is 5.91 Å². The summed E-state index contributed by atoms with van der Waals surface area (Å²) < 4.78 is 40.3. The van der Waals surface area contributed by atoms with E-state index in [1.165, 1.54) is 12.3 Å². The fourth-order valence-electron chi connectivity index (χ4n) is 4.33. The maximum absolute atomic E-state index is 13.4. The number of para-hydroxylation sites is 1. The van der Waals surface area contributed by atoms with Crippen molar-refractivity contribution in [2.45, 2.75) is 18.6 Å². The first kappa shape index (κ1) is 19.4. The molecule has 0 radical (unpaired) electrons. The molecule has 1 unspecified atom stereocenters. The molecule has 1 aliphatic rings. The standard InChI is InChI=1S/C24H18F3N3O/c25-24(26,27)16-7-5-6-15(14-16)22-21-18(17-8-1-2-9-19(17)29-21)11-13-30(22)23(31)20-10-3-4-12-28-20/h1-10,12,14,22,29H,11,13H2. The first-order valence-electron chi connectivity index (χ1n) is 9.92. The second-order valence-electron chi connectivity index (χ2n) is 7.55. The summed E-state index contributed by atoms with van der Waals surface area (Å²) in [6, 6.07) is 17.3. The fourth-order valence-corrected chi connectivity index (χ4v) is 4.33. The van der Waals surface area contributed by atoms with Gasteiger partial charge in [-0.1, -0.05) is 36.4 Å². The minimum Gasteiger partial charge on any atom is -0.356 e. The van der Waals surface area contributed by atoms with E-state index >= 15 is 0 Å². The van der Waals surface area contributed by atoms with Gasteiger partial charge in [0.2, 0.25) is 0 Å². The number of fused-ring (bicyclic) bond motifs is 3. The smallest absolute Gasteiger partial charge is 0.356 e. The van der Waals surface area contributed by atoms with Gasteiger partial charge in [-0.05, 0) is 47.9 Å². The van der Waals surface area contributed by atoms with Gasteiger partial charge in [-0.15, -0.1) is 0 Å². The molecule has 1 aliphatic heterocycles. The Kier molecular flexibility index (Phi) is 4.54. The highest BCUT2D eigenvalue weighted by Crippen LogP contribution is 2.40. The van der Waals surface area contributed by atoms with E-state index in [4.69, 9.17) is 0 Å². The summed E-state index contributed by atoms with van der Waals surface area (Å²) in [6.07, 6.45) is -2.33. The Bertz CT molecular complexity index is 1260. The second-order valence-corrected chi connectivity index (χ2v) is 7.55. The number of carbonyl (C=O) groups excluding carboxylic acids is 1.